The van der Waals surface area contributed by atoms with Crippen LogP contribution in [-0.2, 0) is 4.74 Å². The fourth-order valence-corrected chi connectivity index (χ4v) is 1.32. The third kappa shape index (κ3) is 5.21. The lowest BCUT2D eigenvalue weighted by Crippen LogP contribution is -2.40. The first kappa shape index (κ1) is 15.0. The Morgan fingerprint density at radius 1 is 1.50 bits per heavy atom. The van der Waals surface area contributed by atoms with Crippen molar-refractivity contribution in [2.45, 2.75) is 32.8 Å². The van der Waals surface area contributed by atoms with Crippen molar-refractivity contribution in [1.82, 2.24) is 10.2 Å². The van der Waals surface area contributed by atoms with E-state index < -0.39 is 5.60 Å². The van der Waals surface area contributed by atoms with Gasteiger partial charge in [-0.1, -0.05) is 0 Å². The molecule has 1 amide bonds. The Balaban J connectivity index is 0.00000225. The summed E-state index contributed by atoms with van der Waals surface area (Å²) in [7, 11) is 0. The average Bonchev–Trinajstić information content (AvgIpc) is 2.26. The maximum atomic E-state index is 11.7. The van der Waals surface area contributed by atoms with Gasteiger partial charge in [0, 0.05) is 13.1 Å². The third-order valence-corrected chi connectivity index (χ3v) is 1.94. The van der Waals surface area contributed by atoms with E-state index in [1.54, 1.807) is 4.90 Å². The first-order valence-corrected chi connectivity index (χ1v) is 5.18. The summed E-state index contributed by atoms with van der Waals surface area (Å²) in [5.74, 6) is 0.373. The standard InChI is InChI=1S/C10H19N3O2.ClH/c1-10(2,3)15-9(14)13-6-4-5-12-8(11)7-13;/h4-7H2,1-3H3,(H2,11,12);1H. The van der Waals surface area contributed by atoms with Crippen molar-refractivity contribution in [3.05, 3.63) is 0 Å². The van der Waals surface area contributed by atoms with Gasteiger partial charge in [0.25, 0.3) is 0 Å². The molecule has 2 N–H and O–H groups in total. The van der Waals surface area contributed by atoms with Crippen LogP contribution in [0.2, 0.25) is 0 Å². The largest absolute Gasteiger partial charge is 0.444 e. The molecule has 1 fully saturated rings. The van der Waals surface area contributed by atoms with Crippen LogP contribution in [0.15, 0.2) is 0 Å². The number of hydrogen-bond donors (Lipinski definition) is 2. The van der Waals surface area contributed by atoms with Crippen molar-refractivity contribution in [2.75, 3.05) is 19.6 Å². The summed E-state index contributed by atoms with van der Waals surface area (Å²) in [6, 6.07) is 0. The van der Waals surface area contributed by atoms with E-state index in [0.29, 0.717) is 18.9 Å². The van der Waals surface area contributed by atoms with Crippen LogP contribution in [0.1, 0.15) is 27.2 Å². The SMILES string of the molecule is CC(C)(C)OC(=O)N1CCCNC(=N)C1.Cl. The Bertz CT molecular complexity index is 263. The maximum absolute atomic E-state index is 11.7. The summed E-state index contributed by atoms with van der Waals surface area (Å²) in [6.07, 6.45) is 0.512. The van der Waals surface area contributed by atoms with Crippen LogP contribution in [-0.4, -0.2) is 42.1 Å². The lowest BCUT2D eigenvalue weighted by molar-refractivity contribution is 0.0281. The smallest absolute Gasteiger partial charge is 0.410 e. The van der Waals surface area contributed by atoms with Gasteiger partial charge < -0.3 is 15.0 Å². The summed E-state index contributed by atoms with van der Waals surface area (Å²) in [5.41, 5.74) is -0.473. The lowest BCUT2D eigenvalue weighted by Gasteiger charge is -2.26. The highest BCUT2D eigenvalue weighted by atomic mass is 35.5. The van der Waals surface area contributed by atoms with Gasteiger partial charge in [-0.15, -0.1) is 12.4 Å². The molecule has 0 spiro atoms. The minimum Gasteiger partial charge on any atom is -0.444 e. The van der Waals surface area contributed by atoms with Crippen molar-refractivity contribution in [1.29, 1.82) is 5.41 Å². The van der Waals surface area contributed by atoms with Gasteiger partial charge in [-0.05, 0) is 27.2 Å². The summed E-state index contributed by atoms with van der Waals surface area (Å²) in [4.78, 5) is 13.3. The first-order chi connectivity index (χ1) is 6.88. The van der Waals surface area contributed by atoms with Gasteiger partial charge in [0.1, 0.15) is 11.4 Å². The normalized spacial score (nSPS) is 16.9. The summed E-state index contributed by atoms with van der Waals surface area (Å²) < 4.78 is 5.24. The van der Waals surface area contributed by atoms with Gasteiger partial charge >= 0.3 is 6.09 Å². The molecule has 0 atom stereocenters. The number of rotatable bonds is 0. The van der Waals surface area contributed by atoms with E-state index in [0.717, 1.165) is 13.0 Å². The molecular weight excluding hydrogens is 230 g/mol. The molecule has 1 aliphatic heterocycles. The number of amides is 1. The van der Waals surface area contributed by atoms with E-state index in [-0.39, 0.29) is 18.5 Å². The Morgan fingerprint density at radius 2 is 2.12 bits per heavy atom. The molecule has 0 aliphatic carbocycles. The van der Waals surface area contributed by atoms with Gasteiger partial charge in [0.05, 0.1) is 6.54 Å². The fourth-order valence-electron chi connectivity index (χ4n) is 1.32. The van der Waals surface area contributed by atoms with Crippen LogP contribution in [0.3, 0.4) is 0 Å². The predicted octanol–water partition coefficient (Wildman–Crippen LogP) is 1.62. The van der Waals surface area contributed by atoms with Crippen LogP contribution in [0.5, 0.6) is 0 Å². The van der Waals surface area contributed by atoms with E-state index in [2.05, 4.69) is 5.32 Å². The second-order valence-electron chi connectivity index (χ2n) is 4.66. The second kappa shape index (κ2) is 5.94. The number of carbonyl (C=O) groups is 1. The number of carbonyl (C=O) groups excluding carboxylic acids is 1. The zero-order valence-corrected chi connectivity index (χ0v) is 10.8. The molecule has 0 saturated carbocycles. The number of nitrogens with zero attached hydrogens (tertiary/aromatic N) is 1. The number of nitrogens with one attached hydrogen (secondary N) is 2. The molecule has 0 aromatic carbocycles. The summed E-state index contributed by atoms with van der Waals surface area (Å²) in [6.45, 7) is 7.22. The monoisotopic (exact) mass is 249 g/mol. The average molecular weight is 250 g/mol. The predicted molar refractivity (Wildman–Crippen MR) is 65.4 cm³/mol. The van der Waals surface area contributed by atoms with E-state index in [1.165, 1.54) is 0 Å². The molecule has 0 aromatic rings. The van der Waals surface area contributed by atoms with Crippen LogP contribution in [0.4, 0.5) is 4.79 Å². The van der Waals surface area contributed by atoms with Gasteiger partial charge in [-0.25, -0.2) is 4.79 Å². The van der Waals surface area contributed by atoms with E-state index in [4.69, 9.17) is 10.1 Å². The number of ether oxygens (including phenoxy) is 1. The molecule has 6 heteroatoms. The number of amidine groups is 1. The first-order valence-electron chi connectivity index (χ1n) is 5.18. The van der Waals surface area contributed by atoms with Crippen molar-refractivity contribution in [3.8, 4) is 0 Å². The van der Waals surface area contributed by atoms with E-state index >= 15 is 0 Å². The Hall–Kier alpha value is -0.970. The van der Waals surface area contributed by atoms with Crippen molar-refractivity contribution >= 4 is 24.3 Å². The lowest BCUT2D eigenvalue weighted by atomic mass is 10.2. The highest BCUT2D eigenvalue weighted by Gasteiger charge is 2.23. The summed E-state index contributed by atoms with van der Waals surface area (Å²) in [5, 5.41) is 10.4. The molecule has 0 aromatic heterocycles. The van der Waals surface area contributed by atoms with Gasteiger partial charge in [-0.3, -0.25) is 5.41 Å². The molecule has 1 heterocycles. The van der Waals surface area contributed by atoms with E-state index in [9.17, 15) is 4.79 Å². The Labute approximate surface area is 102 Å². The second-order valence-corrected chi connectivity index (χ2v) is 4.66. The van der Waals surface area contributed by atoms with Crippen LogP contribution >= 0.6 is 12.4 Å². The highest BCUT2D eigenvalue weighted by molar-refractivity contribution is 5.85. The van der Waals surface area contributed by atoms with E-state index in [1.807, 2.05) is 20.8 Å². The Kier molecular flexibility index (Phi) is 5.58. The molecule has 1 saturated heterocycles. The molecule has 0 unspecified atom stereocenters. The quantitative estimate of drug-likeness (QED) is 0.686. The van der Waals surface area contributed by atoms with Crippen molar-refractivity contribution < 1.29 is 9.53 Å². The highest BCUT2D eigenvalue weighted by Crippen LogP contribution is 2.10. The fraction of sp³-hybridized carbons (Fsp3) is 0.800. The van der Waals surface area contributed by atoms with Gasteiger partial charge in [-0.2, -0.15) is 0 Å². The minimum atomic E-state index is -0.473. The topological polar surface area (TPSA) is 65.4 Å². The van der Waals surface area contributed by atoms with Gasteiger partial charge in [0.15, 0.2) is 0 Å². The summed E-state index contributed by atoms with van der Waals surface area (Å²) >= 11 is 0. The number of hydrogen-bond acceptors (Lipinski definition) is 3. The minimum absolute atomic E-state index is 0. The molecule has 94 valence electrons. The molecule has 1 aliphatic rings. The molecule has 16 heavy (non-hydrogen) atoms. The zero-order chi connectivity index (χ0) is 11.5. The Morgan fingerprint density at radius 3 is 2.69 bits per heavy atom. The molecule has 0 bridgehead atoms. The van der Waals surface area contributed by atoms with Crippen LogP contribution in [0, 0.1) is 5.41 Å². The molecular formula is C10H20ClN3O2. The van der Waals surface area contributed by atoms with Crippen LogP contribution < -0.4 is 5.32 Å². The molecule has 0 radical (unpaired) electrons. The molecule has 5 nitrogen and oxygen atoms in total. The third-order valence-electron chi connectivity index (χ3n) is 1.94. The van der Waals surface area contributed by atoms with Gasteiger partial charge in [0.2, 0.25) is 0 Å². The van der Waals surface area contributed by atoms with Crippen molar-refractivity contribution in [3.63, 3.8) is 0 Å². The molecule has 1 rings (SSSR count). The van der Waals surface area contributed by atoms with Crippen molar-refractivity contribution in [2.24, 2.45) is 0 Å². The van der Waals surface area contributed by atoms with Crippen LogP contribution in [0.25, 0.3) is 0 Å². The zero-order valence-electron chi connectivity index (χ0n) is 10.0. The number of halogens is 1. The maximum Gasteiger partial charge on any atom is 0.410 e.